The average molecular weight is 351 g/mol. The highest BCUT2D eigenvalue weighted by atomic mass is 35.5. The number of halogens is 2. The maximum Gasteiger partial charge on any atom is 0.254 e. The molecule has 1 aromatic heterocycles. The lowest BCUT2D eigenvalue weighted by molar-refractivity contribution is 0.0937. The van der Waals surface area contributed by atoms with E-state index in [1.165, 1.54) is 25.2 Å². The minimum Gasteiger partial charge on any atom is -0.349 e. The third-order valence-corrected chi connectivity index (χ3v) is 4.16. The van der Waals surface area contributed by atoms with Crippen molar-refractivity contribution in [3.63, 3.8) is 0 Å². The van der Waals surface area contributed by atoms with E-state index < -0.39 is 0 Å². The first-order valence-corrected chi connectivity index (χ1v) is 8.22. The molecule has 1 heterocycles. The summed E-state index contributed by atoms with van der Waals surface area (Å²) in [6, 6.07) is 5.36. The van der Waals surface area contributed by atoms with Gasteiger partial charge in [-0.3, -0.25) is 4.79 Å². The van der Waals surface area contributed by atoms with Crippen molar-refractivity contribution in [1.29, 1.82) is 0 Å². The van der Waals surface area contributed by atoms with Crippen LogP contribution >= 0.6 is 23.2 Å². The molecule has 0 saturated heterocycles. The SMILES string of the molecule is O=C(NC1CCCC1)c1cnc(Nc2cc(Cl)cc(Cl)c2)nc1. The number of amides is 1. The van der Waals surface area contributed by atoms with Crippen LogP contribution in [0.3, 0.4) is 0 Å². The molecule has 0 aliphatic heterocycles. The third-order valence-electron chi connectivity index (χ3n) is 3.72. The number of hydrogen-bond donors (Lipinski definition) is 2. The van der Waals surface area contributed by atoms with Gasteiger partial charge < -0.3 is 10.6 Å². The zero-order chi connectivity index (χ0) is 16.2. The van der Waals surface area contributed by atoms with E-state index >= 15 is 0 Å². The number of carbonyl (C=O) groups excluding carboxylic acids is 1. The molecular weight excluding hydrogens is 335 g/mol. The Morgan fingerprint density at radius 2 is 1.65 bits per heavy atom. The van der Waals surface area contributed by atoms with Gasteiger partial charge in [-0.2, -0.15) is 0 Å². The summed E-state index contributed by atoms with van der Waals surface area (Å²) < 4.78 is 0. The van der Waals surface area contributed by atoms with E-state index in [1.54, 1.807) is 18.2 Å². The van der Waals surface area contributed by atoms with Crippen LogP contribution < -0.4 is 10.6 Å². The molecule has 0 spiro atoms. The second kappa shape index (κ2) is 7.15. The zero-order valence-electron chi connectivity index (χ0n) is 12.4. The van der Waals surface area contributed by atoms with E-state index in [0.29, 0.717) is 27.2 Å². The Morgan fingerprint density at radius 1 is 1.04 bits per heavy atom. The lowest BCUT2D eigenvalue weighted by Crippen LogP contribution is -2.32. The summed E-state index contributed by atoms with van der Waals surface area (Å²) in [5.74, 6) is 0.245. The summed E-state index contributed by atoms with van der Waals surface area (Å²) in [4.78, 5) is 20.4. The van der Waals surface area contributed by atoms with Gasteiger partial charge in [0.2, 0.25) is 5.95 Å². The smallest absolute Gasteiger partial charge is 0.254 e. The highest BCUT2D eigenvalue weighted by Crippen LogP contribution is 2.24. The molecule has 1 fully saturated rings. The zero-order valence-corrected chi connectivity index (χ0v) is 13.9. The molecule has 0 atom stereocenters. The molecule has 5 nitrogen and oxygen atoms in total. The maximum atomic E-state index is 12.1. The summed E-state index contributed by atoms with van der Waals surface area (Å²) in [5.41, 5.74) is 1.14. The van der Waals surface area contributed by atoms with Crippen molar-refractivity contribution in [1.82, 2.24) is 15.3 Å². The molecule has 120 valence electrons. The summed E-state index contributed by atoms with van der Waals surface area (Å²) in [5, 5.41) is 7.05. The summed E-state index contributed by atoms with van der Waals surface area (Å²) in [6.07, 6.45) is 7.44. The minimum absolute atomic E-state index is 0.130. The molecule has 1 saturated carbocycles. The van der Waals surface area contributed by atoms with E-state index in [0.717, 1.165) is 12.8 Å². The van der Waals surface area contributed by atoms with Crippen molar-refractivity contribution < 1.29 is 4.79 Å². The van der Waals surface area contributed by atoms with Crippen molar-refractivity contribution in [3.8, 4) is 0 Å². The van der Waals surface area contributed by atoms with Gasteiger partial charge in [-0.1, -0.05) is 36.0 Å². The first-order chi connectivity index (χ1) is 11.1. The predicted octanol–water partition coefficient (Wildman–Crippen LogP) is 4.20. The van der Waals surface area contributed by atoms with Gasteiger partial charge in [-0.15, -0.1) is 0 Å². The Morgan fingerprint density at radius 3 is 2.26 bits per heavy atom. The molecule has 1 amide bonds. The Labute approximate surface area is 144 Å². The molecular formula is C16H16Cl2N4O. The Bertz CT molecular complexity index is 679. The van der Waals surface area contributed by atoms with Gasteiger partial charge in [0.05, 0.1) is 5.56 Å². The monoisotopic (exact) mass is 350 g/mol. The Hall–Kier alpha value is -1.85. The normalized spacial score (nSPS) is 14.7. The lowest BCUT2D eigenvalue weighted by atomic mass is 10.2. The second-order valence-electron chi connectivity index (χ2n) is 5.53. The average Bonchev–Trinajstić information content (AvgIpc) is 3.00. The second-order valence-corrected chi connectivity index (χ2v) is 6.41. The molecule has 3 rings (SSSR count). The first-order valence-electron chi connectivity index (χ1n) is 7.46. The minimum atomic E-state index is -0.130. The number of aromatic nitrogens is 2. The topological polar surface area (TPSA) is 66.9 Å². The Kier molecular flexibility index (Phi) is 4.98. The Balaban J connectivity index is 1.65. The van der Waals surface area contributed by atoms with Crippen LogP contribution in [0.2, 0.25) is 10.0 Å². The highest BCUT2D eigenvalue weighted by molar-refractivity contribution is 6.35. The fourth-order valence-electron chi connectivity index (χ4n) is 2.60. The van der Waals surface area contributed by atoms with E-state index in [1.807, 2.05) is 0 Å². The maximum absolute atomic E-state index is 12.1. The van der Waals surface area contributed by atoms with E-state index in [2.05, 4.69) is 20.6 Å². The largest absolute Gasteiger partial charge is 0.349 e. The fourth-order valence-corrected chi connectivity index (χ4v) is 3.13. The van der Waals surface area contributed by atoms with Crippen LogP contribution in [0.5, 0.6) is 0 Å². The number of carbonyl (C=O) groups is 1. The standard InChI is InChI=1S/C16H16Cl2N4O/c17-11-5-12(18)7-14(6-11)22-16-19-8-10(9-20-16)15(23)21-13-3-1-2-4-13/h5-9,13H,1-4H2,(H,21,23)(H,19,20,22). The molecule has 2 N–H and O–H groups in total. The molecule has 1 aromatic carbocycles. The molecule has 2 aromatic rings. The van der Waals surface area contributed by atoms with Gasteiger partial charge in [-0.05, 0) is 31.0 Å². The number of benzene rings is 1. The summed E-state index contributed by atoms with van der Waals surface area (Å²) in [6.45, 7) is 0. The van der Waals surface area contributed by atoms with E-state index in [9.17, 15) is 4.79 Å². The van der Waals surface area contributed by atoms with Crippen LogP contribution in [0.1, 0.15) is 36.0 Å². The third kappa shape index (κ3) is 4.33. The van der Waals surface area contributed by atoms with Crippen molar-refractivity contribution in [2.45, 2.75) is 31.7 Å². The van der Waals surface area contributed by atoms with Gasteiger partial charge in [-0.25, -0.2) is 9.97 Å². The fraction of sp³-hybridized carbons (Fsp3) is 0.312. The van der Waals surface area contributed by atoms with E-state index in [-0.39, 0.29) is 11.9 Å². The van der Waals surface area contributed by atoms with Gasteiger partial charge in [0.15, 0.2) is 0 Å². The van der Waals surface area contributed by atoms with Crippen molar-refractivity contribution in [2.24, 2.45) is 0 Å². The quantitative estimate of drug-likeness (QED) is 0.866. The number of anilines is 2. The van der Waals surface area contributed by atoms with Gasteiger partial charge in [0, 0.05) is 34.2 Å². The number of hydrogen-bond acceptors (Lipinski definition) is 4. The van der Waals surface area contributed by atoms with Crippen molar-refractivity contribution in [3.05, 3.63) is 46.2 Å². The van der Waals surface area contributed by atoms with Gasteiger partial charge >= 0.3 is 0 Å². The van der Waals surface area contributed by atoms with Crippen LogP contribution in [0.25, 0.3) is 0 Å². The number of nitrogens with one attached hydrogen (secondary N) is 2. The van der Waals surface area contributed by atoms with Crippen LogP contribution in [-0.4, -0.2) is 21.9 Å². The number of rotatable bonds is 4. The molecule has 23 heavy (non-hydrogen) atoms. The number of nitrogens with zero attached hydrogens (tertiary/aromatic N) is 2. The summed E-state index contributed by atoms with van der Waals surface area (Å²) >= 11 is 11.9. The van der Waals surface area contributed by atoms with Gasteiger partial charge in [0.1, 0.15) is 0 Å². The van der Waals surface area contributed by atoms with E-state index in [4.69, 9.17) is 23.2 Å². The van der Waals surface area contributed by atoms with Crippen molar-refractivity contribution in [2.75, 3.05) is 5.32 Å². The highest BCUT2D eigenvalue weighted by Gasteiger charge is 2.18. The van der Waals surface area contributed by atoms with Crippen LogP contribution in [-0.2, 0) is 0 Å². The molecule has 7 heteroatoms. The van der Waals surface area contributed by atoms with Crippen molar-refractivity contribution >= 4 is 40.7 Å². The molecule has 0 unspecified atom stereocenters. The summed E-state index contributed by atoms with van der Waals surface area (Å²) in [7, 11) is 0. The molecule has 0 bridgehead atoms. The molecule has 1 aliphatic carbocycles. The molecule has 0 radical (unpaired) electrons. The molecule has 1 aliphatic rings. The lowest BCUT2D eigenvalue weighted by Gasteiger charge is -2.11. The van der Waals surface area contributed by atoms with Crippen LogP contribution in [0, 0.1) is 0 Å². The van der Waals surface area contributed by atoms with Crippen LogP contribution in [0.15, 0.2) is 30.6 Å². The first kappa shape index (κ1) is 16.0. The predicted molar refractivity (Wildman–Crippen MR) is 91.5 cm³/mol. The van der Waals surface area contributed by atoms with Gasteiger partial charge in [0.25, 0.3) is 5.91 Å². The van der Waals surface area contributed by atoms with Crippen LogP contribution in [0.4, 0.5) is 11.6 Å².